The quantitative estimate of drug-likeness (QED) is 0.681. The lowest BCUT2D eigenvalue weighted by atomic mass is 10.1. The monoisotopic (exact) mass is 423 g/mol. The molecule has 1 aliphatic rings. The summed E-state index contributed by atoms with van der Waals surface area (Å²) in [6, 6.07) is 10.7. The van der Waals surface area contributed by atoms with Crippen LogP contribution in [0, 0.1) is 0 Å². The fourth-order valence-corrected chi connectivity index (χ4v) is 3.00. The molecule has 1 heterocycles. The molecule has 2 aromatic carbocycles. The van der Waals surface area contributed by atoms with E-state index in [0.29, 0.717) is 12.2 Å². The molecule has 4 N–H and O–H groups in total. The Hall–Kier alpha value is -2.95. The Bertz CT molecular complexity index is 901. The minimum Gasteiger partial charge on any atom is -0.380 e. The van der Waals surface area contributed by atoms with Gasteiger partial charge in [0.25, 0.3) is 11.8 Å². The first kappa shape index (κ1) is 21.8. The minimum absolute atomic E-state index is 0.00691. The van der Waals surface area contributed by atoms with Crippen molar-refractivity contribution in [1.82, 2.24) is 0 Å². The number of alkyl halides is 3. The summed E-state index contributed by atoms with van der Waals surface area (Å²) >= 11 is 0. The standard InChI is InChI=1S/C20H20F3N3O4/c21-20(22,23)13-3-7-15(8-4-13)26-9-10-30-17(19(26)29)16(27)18(28)25-14-5-1-12(11-24)2-6-14/h1-8,16-17,27H,9-11,24H2,(H,25,28)/t16-,17-/m1/s1. The molecular weight excluding hydrogens is 403 g/mol. The lowest BCUT2D eigenvalue weighted by Gasteiger charge is -2.34. The molecule has 0 aliphatic carbocycles. The van der Waals surface area contributed by atoms with E-state index in [-0.39, 0.29) is 18.8 Å². The van der Waals surface area contributed by atoms with Crippen molar-refractivity contribution in [3.63, 3.8) is 0 Å². The molecule has 0 spiro atoms. The van der Waals surface area contributed by atoms with Crippen molar-refractivity contribution in [2.45, 2.75) is 24.9 Å². The smallest absolute Gasteiger partial charge is 0.380 e. The van der Waals surface area contributed by atoms with E-state index in [1.807, 2.05) is 0 Å². The Balaban J connectivity index is 1.69. The summed E-state index contributed by atoms with van der Waals surface area (Å²) < 4.78 is 43.5. The highest BCUT2D eigenvalue weighted by Gasteiger charge is 2.39. The molecule has 2 atom stereocenters. The van der Waals surface area contributed by atoms with Crippen molar-refractivity contribution in [3.05, 3.63) is 59.7 Å². The number of hydrogen-bond acceptors (Lipinski definition) is 5. The first-order chi connectivity index (χ1) is 14.2. The third kappa shape index (κ3) is 4.78. The number of nitrogens with two attached hydrogens (primary N) is 1. The van der Waals surface area contributed by atoms with E-state index in [0.717, 1.165) is 29.8 Å². The van der Waals surface area contributed by atoms with E-state index < -0.39 is 35.8 Å². The number of aliphatic hydroxyl groups is 1. The number of nitrogens with zero attached hydrogens (tertiary/aromatic N) is 1. The second kappa shape index (κ2) is 8.82. The second-order valence-electron chi connectivity index (χ2n) is 6.66. The molecule has 2 aromatic rings. The van der Waals surface area contributed by atoms with Crippen molar-refractivity contribution in [2.75, 3.05) is 23.4 Å². The van der Waals surface area contributed by atoms with E-state index in [1.165, 1.54) is 4.90 Å². The van der Waals surface area contributed by atoms with Gasteiger partial charge < -0.3 is 25.8 Å². The topological polar surface area (TPSA) is 105 Å². The molecule has 0 radical (unpaired) electrons. The summed E-state index contributed by atoms with van der Waals surface area (Å²) in [5.74, 6) is -1.56. The van der Waals surface area contributed by atoms with Crippen LogP contribution in [0.15, 0.2) is 48.5 Å². The molecule has 3 rings (SSSR count). The number of rotatable bonds is 5. The number of benzene rings is 2. The summed E-state index contributed by atoms with van der Waals surface area (Å²) in [6.07, 6.45) is -7.78. The highest BCUT2D eigenvalue weighted by Crippen LogP contribution is 2.31. The van der Waals surface area contributed by atoms with Crippen LogP contribution in [0.2, 0.25) is 0 Å². The van der Waals surface area contributed by atoms with Crippen LogP contribution in [-0.2, 0) is 27.0 Å². The molecule has 2 amide bonds. The lowest BCUT2D eigenvalue weighted by molar-refractivity contribution is -0.150. The molecular formula is C20H20F3N3O4. The summed E-state index contributed by atoms with van der Waals surface area (Å²) in [7, 11) is 0. The number of hydrogen-bond donors (Lipinski definition) is 3. The highest BCUT2D eigenvalue weighted by molar-refractivity contribution is 6.03. The van der Waals surface area contributed by atoms with Crippen LogP contribution in [0.4, 0.5) is 24.5 Å². The van der Waals surface area contributed by atoms with Gasteiger partial charge in [-0.3, -0.25) is 9.59 Å². The average molecular weight is 423 g/mol. The summed E-state index contributed by atoms with van der Waals surface area (Å²) in [5, 5.41) is 12.8. The Morgan fingerprint density at radius 3 is 2.40 bits per heavy atom. The predicted molar refractivity (Wildman–Crippen MR) is 103 cm³/mol. The van der Waals surface area contributed by atoms with Crippen molar-refractivity contribution in [2.24, 2.45) is 5.73 Å². The van der Waals surface area contributed by atoms with E-state index in [9.17, 15) is 27.9 Å². The van der Waals surface area contributed by atoms with Crippen molar-refractivity contribution >= 4 is 23.2 Å². The van der Waals surface area contributed by atoms with Gasteiger partial charge >= 0.3 is 6.18 Å². The van der Waals surface area contributed by atoms with Gasteiger partial charge in [-0.25, -0.2) is 0 Å². The maximum atomic E-state index is 12.7. The SMILES string of the molecule is NCc1ccc(NC(=O)[C@H](O)[C@H]2OCCN(c3ccc(C(F)(F)F)cc3)C2=O)cc1. The molecule has 7 nitrogen and oxygen atoms in total. The summed E-state index contributed by atoms with van der Waals surface area (Å²) in [5.41, 5.74) is 6.14. The number of amides is 2. The maximum Gasteiger partial charge on any atom is 0.416 e. The van der Waals surface area contributed by atoms with Gasteiger partial charge in [-0.15, -0.1) is 0 Å². The zero-order valence-corrected chi connectivity index (χ0v) is 15.7. The van der Waals surface area contributed by atoms with E-state index in [2.05, 4.69) is 5.32 Å². The van der Waals surface area contributed by atoms with Crippen LogP contribution < -0.4 is 16.0 Å². The number of halogens is 3. The number of aliphatic hydroxyl groups excluding tert-OH is 1. The van der Waals surface area contributed by atoms with Crippen LogP contribution >= 0.6 is 0 Å². The van der Waals surface area contributed by atoms with Crippen LogP contribution in [0.3, 0.4) is 0 Å². The third-order valence-electron chi connectivity index (χ3n) is 4.64. The predicted octanol–water partition coefficient (Wildman–Crippen LogP) is 1.90. The fraction of sp³-hybridized carbons (Fsp3) is 0.300. The fourth-order valence-electron chi connectivity index (χ4n) is 3.00. The number of anilines is 2. The van der Waals surface area contributed by atoms with Crippen LogP contribution in [-0.4, -0.2) is 42.3 Å². The average Bonchev–Trinajstić information content (AvgIpc) is 2.73. The molecule has 0 saturated carbocycles. The van der Waals surface area contributed by atoms with E-state index in [4.69, 9.17) is 10.5 Å². The maximum absolute atomic E-state index is 12.7. The van der Waals surface area contributed by atoms with Gasteiger partial charge in [0.2, 0.25) is 0 Å². The molecule has 1 aliphatic heterocycles. The molecule has 160 valence electrons. The van der Waals surface area contributed by atoms with E-state index in [1.54, 1.807) is 24.3 Å². The van der Waals surface area contributed by atoms with Crippen LogP contribution in [0.1, 0.15) is 11.1 Å². The van der Waals surface area contributed by atoms with Gasteiger partial charge in [-0.05, 0) is 42.0 Å². The van der Waals surface area contributed by atoms with Crippen LogP contribution in [0.5, 0.6) is 0 Å². The molecule has 1 saturated heterocycles. The highest BCUT2D eigenvalue weighted by atomic mass is 19.4. The summed E-state index contributed by atoms with van der Waals surface area (Å²) in [6.45, 7) is 0.420. The number of morpholine rings is 1. The van der Waals surface area contributed by atoms with E-state index >= 15 is 0 Å². The normalized spacial score (nSPS) is 18.2. The van der Waals surface area contributed by atoms with Gasteiger partial charge in [0.1, 0.15) is 0 Å². The Kier molecular flexibility index (Phi) is 6.40. The first-order valence-electron chi connectivity index (χ1n) is 9.09. The Morgan fingerprint density at radius 1 is 1.20 bits per heavy atom. The van der Waals surface area contributed by atoms with Crippen LogP contribution in [0.25, 0.3) is 0 Å². The number of ether oxygens (including phenoxy) is 1. The number of nitrogens with one attached hydrogen (secondary N) is 1. The van der Waals surface area contributed by atoms with Crippen molar-refractivity contribution in [1.29, 1.82) is 0 Å². The molecule has 30 heavy (non-hydrogen) atoms. The largest absolute Gasteiger partial charge is 0.416 e. The third-order valence-corrected chi connectivity index (χ3v) is 4.64. The number of carbonyl (C=O) groups excluding carboxylic acids is 2. The second-order valence-corrected chi connectivity index (χ2v) is 6.66. The van der Waals surface area contributed by atoms with Gasteiger partial charge in [0.15, 0.2) is 12.2 Å². The molecule has 0 aromatic heterocycles. The zero-order valence-electron chi connectivity index (χ0n) is 15.7. The van der Waals surface area contributed by atoms with Gasteiger partial charge in [0, 0.05) is 24.5 Å². The molecule has 0 unspecified atom stereocenters. The van der Waals surface area contributed by atoms with Gasteiger partial charge in [0.05, 0.1) is 12.2 Å². The minimum atomic E-state index is -4.49. The van der Waals surface area contributed by atoms with Crippen molar-refractivity contribution in [3.8, 4) is 0 Å². The van der Waals surface area contributed by atoms with Gasteiger partial charge in [-0.2, -0.15) is 13.2 Å². The Morgan fingerprint density at radius 2 is 1.83 bits per heavy atom. The molecule has 0 bridgehead atoms. The van der Waals surface area contributed by atoms with Gasteiger partial charge in [-0.1, -0.05) is 12.1 Å². The Labute approximate surface area is 170 Å². The molecule has 1 fully saturated rings. The number of carbonyl (C=O) groups is 2. The summed E-state index contributed by atoms with van der Waals surface area (Å²) in [4.78, 5) is 26.2. The first-order valence-corrected chi connectivity index (χ1v) is 9.09. The lowest BCUT2D eigenvalue weighted by Crippen LogP contribution is -2.55. The molecule has 10 heteroatoms. The zero-order chi connectivity index (χ0) is 21.9. The van der Waals surface area contributed by atoms with Crippen molar-refractivity contribution < 1.29 is 32.6 Å².